The molecule has 0 saturated heterocycles. The first-order valence-electron chi connectivity index (χ1n) is 5.43. The lowest BCUT2D eigenvalue weighted by molar-refractivity contribution is -0.109. The summed E-state index contributed by atoms with van der Waals surface area (Å²) >= 11 is 0. The topological polar surface area (TPSA) is 44.9 Å². The third kappa shape index (κ3) is 1.99. The van der Waals surface area contributed by atoms with Crippen molar-refractivity contribution in [2.45, 2.75) is 19.4 Å². The van der Waals surface area contributed by atoms with Crippen molar-refractivity contribution >= 4 is 17.2 Å². The summed E-state index contributed by atoms with van der Waals surface area (Å²) in [5, 5.41) is 4.19. The molecule has 1 atom stereocenters. The number of likely N-dealkylation sites (N-methyl/N-ethyl adjacent to an activating group) is 1. The van der Waals surface area contributed by atoms with E-state index in [2.05, 4.69) is 35.4 Å². The standard InChI is InChI=1S/C13H16N2O/c1-9-3-4-12-10(6-11(8-16)14-2)7-15-13(12)5-9/h3-5,7-8,11,14-15H,6H2,1-2H3. The van der Waals surface area contributed by atoms with Gasteiger partial charge in [0.05, 0.1) is 6.04 Å². The molecule has 2 rings (SSSR count). The van der Waals surface area contributed by atoms with Gasteiger partial charge in [0.2, 0.25) is 0 Å². The van der Waals surface area contributed by atoms with Gasteiger partial charge in [-0.25, -0.2) is 0 Å². The van der Waals surface area contributed by atoms with Gasteiger partial charge in [-0.1, -0.05) is 12.1 Å². The number of hydrogen-bond donors (Lipinski definition) is 2. The second kappa shape index (κ2) is 4.49. The molecule has 1 unspecified atom stereocenters. The average Bonchev–Trinajstić information content (AvgIpc) is 2.68. The number of aldehydes is 1. The summed E-state index contributed by atoms with van der Waals surface area (Å²) < 4.78 is 0. The first-order chi connectivity index (χ1) is 7.74. The van der Waals surface area contributed by atoms with Crippen LogP contribution in [0.15, 0.2) is 24.4 Å². The Morgan fingerprint density at radius 3 is 3.00 bits per heavy atom. The summed E-state index contributed by atoms with van der Waals surface area (Å²) in [4.78, 5) is 14.0. The molecule has 0 saturated carbocycles. The van der Waals surface area contributed by atoms with E-state index in [1.54, 1.807) is 7.05 Å². The number of aromatic nitrogens is 1. The average molecular weight is 216 g/mol. The van der Waals surface area contributed by atoms with Gasteiger partial charge in [0, 0.05) is 17.1 Å². The van der Waals surface area contributed by atoms with Crippen LogP contribution in [-0.4, -0.2) is 24.4 Å². The van der Waals surface area contributed by atoms with E-state index in [0.717, 1.165) is 18.2 Å². The van der Waals surface area contributed by atoms with Crippen LogP contribution >= 0.6 is 0 Å². The smallest absolute Gasteiger partial charge is 0.137 e. The van der Waals surface area contributed by atoms with E-state index in [-0.39, 0.29) is 6.04 Å². The third-order valence-corrected chi connectivity index (χ3v) is 2.90. The maximum Gasteiger partial charge on any atom is 0.137 e. The molecule has 2 N–H and O–H groups in total. The van der Waals surface area contributed by atoms with E-state index in [1.165, 1.54) is 16.5 Å². The fourth-order valence-electron chi connectivity index (χ4n) is 1.92. The molecule has 0 amide bonds. The summed E-state index contributed by atoms with van der Waals surface area (Å²) in [7, 11) is 1.80. The van der Waals surface area contributed by atoms with Crippen LogP contribution in [0.4, 0.5) is 0 Å². The number of rotatable bonds is 4. The highest BCUT2D eigenvalue weighted by atomic mass is 16.1. The zero-order valence-electron chi connectivity index (χ0n) is 9.58. The van der Waals surface area contributed by atoms with Crippen LogP contribution in [0.2, 0.25) is 0 Å². The second-order valence-electron chi connectivity index (χ2n) is 4.10. The molecule has 3 heteroatoms. The molecule has 2 aromatic rings. The van der Waals surface area contributed by atoms with E-state index in [0.29, 0.717) is 0 Å². The van der Waals surface area contributed by atoms with Crippen molar-refractivity contribution < 1.29 is 4.79 Å². The quantitative estimate of drug-likeness (QED) is 0.765. The SMILES string of the molecule is CNC(C=O)Cc1c[nH]c2cc(C)ccc12. The minimum atomic E-state index is -0.111. The summed E-state index contributed by atoms with van der Waals surface area (Å²) in [6.45, 7) is 2.07. The van der Waals surface area contributed by atoms with Crippen molar-refractivity contribution in [3.8, 4) is 0 Å². The van der Waals surface area contributed by atoms with Gasteiger partial charge >= 0.3 is 0 Å². The molecule has 1 aromatic carbocycles. The van der Waals surface area contributed by atoms with Gasteiger partial charge < -0.3 is 15.1 Å². The Hall–Kier alpha value is -1.61. The Morgan fingerprint density at radius 1 is 1.50 bits per heavy atom. The van der Waals surface area contributed by atoms with Crippen molar-refractivity contribution in [3.05, 3.63) is 35.5 Å². The maximum absolute atomic E-state index is 10.8. The van der Waals surface area contributed by atoms with Gasteiger partial charge in [-0.3, -0.25) is 0 Å². The summed E-state index contributed by atoms with van der Waals surface area (Å²) in [5.74, 6) is 0. The largest absolute Gasteiger partial charge is 0.361 e. The Balaban J connectivity index is 2.34. The minimum absolute atomic E-state index is 0.111. The number of H-pyrrole nitrogens is 1. The van der Waals surface area contributed by atoms with Gasteiger partial charge in [-0.15, -0.1) is 0 Å². The minimum Gasteiger partial charge on any atom is -0.361 e. The van der Waals surface area contributed by atoms with Gasteiger partial charge in [0.1, 0.15) is 6.29 Å². The lowest BCUT2D eigenvalue weighted by Gasteiger charge is -2.07. The van der Waals surface area contributed by atoms with E-state index in [9.17, 15) is 4.79 Å². The first kappa shape index (κ1) is 10.9. The van der Waals surface area contributed by atoms with Crippen molar-refractivity contribution in [2.75, 3.05) is 7.05 Å². The fourth-order valence-corrected chi connectivity index (χ4v) is 1.92. The lowest BCUT2D eigenvalue weighted by Crippen LogP contribution is -2.28. The first-order valence-corrected chi connectivity index (χ1v) is 5.43. The molecule has 0 fully saturated rings. The molecule has 0 aliphatic heterocycles. The Kier molecular flexibility index (Phi) is 3.06. The van der Waals surface area contributed by atoms with Gasteiger partial charge in [0.15, 0.2) is 0 Å². The van der Waals surface area contributed by atoms with Crippen molar-refractivity contribution in [1.29, 1.82) is 0 Å². The van der Waals surface area contributed by atoms with Crippen LogP contribution in [0, 0.1) is 6.92 Å². The van der Waals surface area contributed by atoms with Gasteiger partial charge in [0.25, 0.3) is 0 Å². The summed E-state index contributed by atoms with van der Waals surface area (Å²) in [6.07, 6.45) is 3.66. The number of aryl methyl sites for hydroxylation is 1. The van der Waals surface area contributed by atoms with E-state index < -0.39 is 0 Å². The molecule has 84 valence electrons. The second-order valence-corrected chi connectivity index (χ2v) is 4.10. The molecular weight excluding hydrogens is 200 g/mol. The maximum atomic E-state index is 10.8. The highest BCUT2D eigenvalue weighted by Gasteiger charge is 2.09. The predicted octanol–water partition coefficient (Wildman–Crippen LogP) is 1.81. The van der Waals surface area contributed by atoms with Crippen LogP contribution < -0.4 is 5.32 Å². The number of fused-ring (bicyclic) bond motifs is 1. The number of hydrogen-bond acceptors (Lipinski definition) is 2. The number of carbonyl (C=O) groups is 1. The lowest BCUT2D eigenvalue weighted by atomic mass is 10.1. The third-order valence-electron chi connectivity index (χ3n) is 2.90. The number of nitrogens with one attached hydrogen (secondary N) is 2. The molecule has 0 spiro atoms. The van der Waals surface area contributed by atoms with E-state index in [1.807, 2.05) is 6.20 Å². The number of carbonyl (C=O) groups excluding carboxylic acids is 1. The molecule has 1 heterocycles. The highest BCUT2D eigenvalue weighted by molar-refractivity contribution is 5.84. The zero-order chi connectivity index (χ0) is 11.5. The van der Waals surface area contributed by atoms with Gasteiger partial charge in [-0.2, -0.15) is 0 Å². The molecule has 16 heavy (non-hydrogen) atoms. The van der Waals surface area contributed by atoms with Crippen LogP contribution in [0.5, 0.6) is 0 Å². The molecule has 0 bridgehead atoms. The Morgan fingerprint density at radius 2 is 2.31 bits per heavy atom. The molecular formula is C13H16N2O. The van der Waals surface area contributed by atoms with Crippen LogP contribution in [0.1, 0.15) is 11.1 Å². The van der Waals surface area contributed by atoms with E-state index in [4.69, 9.17) is 0 Å². The monoisotopic (exact) mass is 216 g/mol. The Bertz CT molecular complexity index is 502. The predicted molar refractivity (Wildman–Crippen MR) is 65.7 cm³/mol. The zero-order valence-corrected chi connectivity index (χ0v) is 9.58. The molecule has 0 aliphatic rings. The van der Waals surface area contributed by atoms with Crippen molar-refractivity contribution in [1.82, 2.24) is 10.3 Å². The normalized spacial score (nSPS) is 12.9. The van der Waals surface area contributed by atoms with Crippen LogP contribution in [0.25, 0.3) is 10.9 Å². The summed E-state index contributed by atoms with van der Waals surface area (Å²) in [5.41, 5.74) is 3.55. The van der Waals surface area contributed by atoms with Crippen LogP contribution in [-0.2, 0) is 11.2 Å². The molecule has 1 aromatic heterocycles. The van der Waals surface area contributed by atoms with Crippen LogP contribution in [0.3, 0.4) is 0 Å². The van der Waals surface area contributed by atoms with Gasteiger partial charge in [-0.05, 0) is 37.6 Å². The fraction of sp³-hybridized carbons (Fsp3) is 0.308. The summed E-state index contributed by atoms with van der Waals surface area (Å²) in [6, 6.07) is 6.21. The Labute approximate surface area is 94.9 Å². The number of benzene rings is 1. The highest BCUT2D eigenvalue weighted by Crippen LogP contribution is 2.20. The molecule has 0 radical (unpaired) electrons. The van der Waals surface area contributed by atoms with Crippen molar-refractivity contribution in [3.63, 3.8) is 0 Å². The van der Waals surface area contributed by atoms with E-state index >= 15 is 0 Å². The number of aromatic amines is 1. The molecule has 0 aliphatic carbocycles. The van der Waals surface area contributed by atoms with Crippen molar-refractivity contribution in [2.24, 2.45) is 0 Å². The molecule has 3 nitrogen and oxygen atoms in total.